The number of benzene rings is 1. The Labute approximate surface area is 173 Å². The summed E-state index contributed by atoms with van der Waals surface area (Å²) in [4.78, 5) is 32.7. The highest BCUT2D eigenvalue weighted by Gasteiger charge is 2.19. The van der Waals surface area contributed by atoms with Gasteiger partial charge in [-0.3, -0.25) is 9.78 Å². The largest absolute Gasteiger partial charge is 0.454 e. The number of carbonyl (C=O) groups excluding carboxylic acids is 2. The number of ether oxygens (including phenoxy) is 3. The van der Waals surface area contributed by atoms with Gasteiger partial charge in [0.1, 0.15) is 0 Å². The fourth-order valence-electron chi connectivity index (χ4n) is 3.33. The van der Waals surface area contributed by atoms with Crippen molar-refractivity contribution in [3.8, 4) is 11.5 Å². The first-order valence-electron chi connectivity index (χ1n) is 9.46. The number of esters is 1. The van der Waals surface area contributed by atoms with E-state index in [2.05, 4.69) is 9.97 Å². The van der Waals surface area contributed by atoms with Crippen LogP contribution in [0.4, 0.5) is 0 Å². The quantitative estimate of drug-likeness (QED) is 0.458. The Bertz CT molecular complexity index is 1120. The molecule has 3 heterocycles. The molecule has 1 aliphatic rings. The third kappa shape index (κ3) is 3.89. The van der Waals surface area contributed by atoms with E-state index in [1.54, 1.807) is 6.92 Å². The first-order chi connectivity index (χ1) is 14.4. The molecule has 1 aromatic carbocycles. The number of ketones is 1. The molecular weight excluding hydrogens is 386 g/mol. The Kier molecular flexibility index (Phi) is 5.22. The number of nitrogens with zero attached hydrogens (tertiary/aromatic N) is 3. The van der Waals surface area contributed by atoms with Crippen molar-refractivity contribution in [1.82, 2.24) is 14.5 Å². The summed E-state index contributed by atoms with van der Waals surface area (Å²) in [6.07, 6.45) is 2.81. The number of carbonyl (C=O) groups is 2. The van der Waals surface area contributed by atoms with E-state index in [-0.39, 0.29) is 24.9 Å². The number of hydrogen-bond donors (Lipinski definition) is 0. The van der Waals surface area contributed by atoms with Gasteiger partial charge in [-0.05, 0) is 44.5 Å². The van der Waals surface area contributed by atoms with E-state index in [4.69, 9.17) is 14.2 Å². The van der Waals surface area contributed by atoms with Crippen molar-refractivity contribution in [2.24, 2.45) is 0 Å². The lowest BCUT2D eigenvalue weighted by Gasteiger charge is -2.11. The minimum absolute atomic E-state index is 0.0710. The van der Waals surface area contributed by atoms with Crippen molar-refractivity contribution in [2.75, 3.05) is 13.4 Å². The summed E-state index contributed by atoms with van der Waals surface area (Å²) in [7, 11) is 0. The van der Waals surface area contributed by atoms with E-state index in [1.807, 2.05) is 42.7 Å². The maximum absolute atomic E-state index is 12.7. The molecule has 0 unspecified atom stereocenters. The van der Waals surface area contributed by atoms with Crippen LogP contribution in [-0.2, 0) is 11.3 Å². The fraction of sp³-hybridized carbons (Fsp3) is 0.273. The highest BCUT2D eigenvalue weighted by atomic mass is 16.7. The normalized spacial score (nSPS) is 12.1. The molecule has 0 atom stereocenters. The van der Waals surface area contributed by atoms with Gasteiger partial charge < -0.3 is 18.8 Å². The average Bonchev–Trinajstić information content (AvgIpc) is 3.31. The lowest BCUT2D eigenvalue weighted by molar-refractivity contribution is 0.0468. The summed E-state index contributed by atoms with van der Waals surface area (Å²) in [5.74, 6) is 0.506. The van der Waals surface area contributed by atoms with Crippen LogP contribution >= 0.6 is 0 Å². The molecule has 0 aliphatic carbocycles. The van der Waals surface area contributed by atoms with Crippen molar-refractivity contribution >= 4 is 11.8 Å². The minimum atomic E-state index is -0.676. The van der Waals surface area contributed by atoms with E-state index in [0.29, 0.717) is 17.8 Å². The molecule has 8 heteroatoms. The van der Waals surface area contributed by atoms with Crippen LogP contribution in [0.5, 0.6) is 11.5 Å². The first kappa shape index (κ1) is 19.6. The molecule has 1 aliphatic heterocycles. The zero-order valence-electron chi connectivity index (χ0n) is 17.0. The van der Waals surface area contributed by atoms with Crippen LogP contribution < -0.4 is 9.47 Å². The predicted molar refractivity (Wildman–Crippen MR) is 107 cm³/mol. The van der Waals surface area contributed by atoms with E-state index in [9.17, 15) is 9.59 Å². The van der Waals surface area contributed by atoms with E-state index >= 15 is 0 Å². The highest BCUT2D eigenvalue weighted by molar-refractivity contribution is 6.00. The lowest BCUT2D eigenvalue weighted by atomic mass is 10.1. The van der Waals surface area contributed by atoms with E-state index in [1.165, 1.54) is 12.4 Å². The number of rotatable bonds is 6. The number of aryl methyl sites for hydroxylation is 2. The molecule has 0 saturated heterocycles. The first-order valence-corrected chi connectivity index (χ1v) is 9.46. The standard InChI is InChI=1S/C22H21N3O5/c1-13-8-24-18(9-23-13)22(27)28-11-19(26)17-6-14(2)25(15(17)3)10-16-4-5-20-21(7-16)30-12-29-20/h4-9H,10-12H2,1-3H3. The van der Waals surface area contributed by atoms with Gasteiger partial charge in [-0.25, -0.2) is 9.78 Å². The van der Waals surface area contributed by atoms with Crippen LogP contribution in [0.15, 0.2) is 36.7 Å². The van der Waals surface area contributed by atoms with Crippen LogP contribution in [0.25, 0.3) is 0 Å². The lowest BCUT2D eigenvalue weighted by Crippen LogP contribution is -2.16. The fourth-order valence-corrected chi connectivity index (χ4v) is 3.33. The molecule has 0 spiro atoms. The van der Waals surface area contributed by atoms with Crippen LogP contribution in [0.3, 0.4) is 0 Å². The zero-order valence-corrected chi connectivity index (χ0v) is 17.0. The Morgan fingerprint density at radius 1 is 1.07 bits per heavy atom. The monoisotopic (exact) mass is 407 g/mol. The van der Waals surface area contributed by atoms with Crippen molar-refractivity contribution < 1.29 is 23.8 Å². The van der Waals surface area contributed by atoms with Crippen molar-refractivity contribution in [2.45, 2.75) is 27.3 Å². The second-order valence-corrected chi connectivity index (χ2v) is 7.10. The van der Waals surface area contributed by atoms with Gasteiger partial charge in [-0.1, -0.05) is 6.07 Å². The van der Waals surface area contributed by atoms with Crippen molar-refractivity contribution in [1.29, 1.82) is 0 Å². The maximum Gasteiger partial charge on any atom is 0.358 e. The number of Topliss-reactive ketones (excluding diaryl/α,β-unsaturated/α-hetero) is 1. The number of aromatic nitrogens is 3. The molecule has 0 N–H and O–H groups in total. The summed E-state index contributed by atoms with van der Waals surface area (Å²) in [5, 5.41) is 0. The Morgan fingerprint density at radius 2 is 1.87 bits per heavy atom. The third-order valence-corrected chi connectivity index (χ3v) is 4.98. The molecule has 0 saturated carbocycles. The number of fused-ring (bicyclic) bond motifs is 1. The molecule has 8 nitrogen and oxygen atoms in total. The molecule has 154 valence electrons. The predicted octanol–water partition coefficient (Wildman–Crippen LogP) is 3.02. The van der Waals surface area contributed by atoms with Crippen LogP contribution in [0, 0.1) is 20.8 Å². The molecule has 30 heavy (non-hydrogen) atoms. The van der Waals surface area contributed by atoms with Gasteiger partial charge >= 0.3 is 5.97 Å². The molecule has 4 rings (SSSR count). The zero-order chi connectivity index (χ0) is 21.3. The van der Waals surface area contributed by atoms with E-state index in [0.717, 1.165) is 28.5 Å². The Balaban J connectivity index is 1.45. The molecule has 0 radical (unpaired) electrons. The van der Waals surface area contributed by atoms with Crippen LogP contribution in [-0.4, -0.2) is 39.7 Å². The second-order valence-electron chi connectivity index (χ2n) is 7.10. The van der Waals surface area contributed by atoms with Crippen molar-refractivity contribution in [3.05, 3.63) is 70.6 Å². The topological polar surface area (TPSA) is 92.5 Å². The molecule has 0 fully saturated rings. The summed E-state index contributed by atoms with van der Waals surface area (Å²) in [6, 6.07) is 7.60. The Morgan fingerprint density at radius 3 is 2.63 bits per heavy atom. The summed E-state index contributed by atoms with van der Waals surface area (Å²) < 4.78 is 17.9. The molecular formula is C22H21N3O5. The highest BCUT2D eigenvalue weighted by Crippen LogP contribution is 2.33. The summed E-state index contributed by atoms with van der Waals surface area (Å²) in [5.41, 5.74) is 4.06. The van der Waals surface area contributed by atoms with Crippen LogP contribution in [0.2, 0.25) is 0 Å². The van der Waals surface area contributed by atoms with Gasteiger partial charge in [-0.15, -0.1) is 0 Å². The smallest absolute Gasteiger partial charge is 0.358 e. The van der Waals surface area contributed by atoms with Gasteiger partial charge in [-0.2, -0.15) is 0 Å². The molecule has 0 bridgehead atoms. The Hall–Kier alpha value is -3.68. The van der Waals surface area contributed by atoms with Gasteiger partial charge in [0, 0.05) is 29.7 Å². The third-order valence-electron chi connectivity index (χ3n) is 4.98. The second kappa shape index (κ2) is 7.98. The average molecular weight is 407 g/mol. The maximum atomic E-state index is 12.7. The van der Waals surface area contributed by atoms with Gasteiger partial charge in [0.15, 0.2) is 23.8 Å². The van der Waals surface area contributed by atoms with Gasteiger partial charge in [0.05, 0.1) is 11.9 Å². The molecule has 3 aromatic rings. The summed E-state index contributed by atoms with van der Waals surface area (Å²) in [6.45, 7) is 6.03. The summed E-state index contributed by atoms with van der Waals surface area (Å²) >= 11 is 0. The molecule has 2 aromatic heterocycles. The van der Waals surface area contributed by atoms with Gasteiger partial charge in [0.25, 0.3) is 0 Å². The van der Waals surface area contributed by atoms with Gasteiger partial charge in [0.2, 0.25) is 12.6 Å². The minimum Gasteiger partial charge on any atom is -0.454 e. The number of hydrogen-bond acceptors (Lipinski definition) is 7. The van der Waals surface area contributed by atoms with Crippen LogP contribution in [0.1, 0.15) is 43.5 Å². The SMILES string of the molecule is Cc1cnc(C(=O)OCC(=O)c2cc(C)n(Cc3ccc4c(c3)OCO4)c2C)cn1. The van der Waals surface area contributed by atoms with E-state index < -0.39 is 5.97 Å². The van der Waals surface area contributed by atoms with Crippen molar-refractivity contribution in [3.63, 3.8) is 0 Å². The molecule has 0 amide bonds.